The summed E-state index contributed by atoms with van der Waals surface area (Å²) in [5.74, 6) is -0.981. The molecule has 1 aromatic heterocycles. The molecule has 0 saturated carbocycles. The average Bonchev–Trinajstić information content (AvgIpc) is 3.24. The Labute approximate surface area is 201 Å². The molecular weight excluding hydrogens is 454 g/mol. The van der Waals surface area contributed by atoms with Gasteiger partial charge in [0, 0.05) is 35.7 Å². The number of benzene rings is 2. The predicted molar refractivity (Wildman–Crippen MR) is 130 cm³/mol. The Morgan fingerprint density at radius 1 is 1.21 bits per heavy atom. The van der Waals surface area contributed by atoms with Gasteiger partial charge in [0.15, 0.2) is 0 Å². The van der Waals surface area contributed by atoms with Crippen molar-refractivity contribution in [2.24, 2.45) is 0 Å². The van der Waals surface area contributed by atoms with Gasteiger partial charge in [0.2, 0.25) is 0 Å². The molecule has 2 aromatic carbocycles. The Morgan fingerprint density at radius 3 is 2.74 bits per heavy atom. The van der Waals surface area contributed by atoms with E-state index in [0.717, 1.165) is 21.8 Å². The molecular formula is C25H25N3O5S. The Balaban J connectivity index is 1.66. The van der Waals surface area contributed by atoms with Crippen molar-refractivity contribution in [3.05, 3.63) is 98.4 Å². The van der Waals surface area contributed by atoms with Crippen LogP contribution in [-0.4, -0.2) is 28.5 Å². The van der Waals surface area contributed by atoms with Crippen molar-refractivity contribution < 1.29 is 19.2 Å². The number of nitrogens with zero attached hydrogens (tertiary/aromatic N) is 2. The van der Waals surface area contributed by atoms with Crippen LogP contribution in [0, 0.1) is 10.1 Å². The molecule has 0 radical (unpaired) electrons. The van der Waals surface area contributed by atoms with Crippen LogP contribution >= 0.6 is 11.5 Å². The summed E-state index contributed by atoms with van der Waals surface area (Å²) in [6.07, 6.45) is 0.543. The number of rotatable bonds is 9. The van der Waals surface area contributed by atoms with E-state index in [0.29, 0.717) is 36.5 Å². The zero-order valence-corrected chi connectivity index (χ0v) is 19.8. The number of ether oxygens (including phenoxy) is 2. The van der Waals surface area contributed by atoms with Gasteiger partial charge in [-0.3, -0.25) is 10.1 Å². The minimum absolute atomic E-state index is 0.0330. The van der Waals surface area contributed by atoms with Crippen LogP contribution in [0.3, 0.4) is 0 Å². The third-order valence-electron chi connectivity index (χ3n) is 5.59. The summed E-state index contributed by atoms with van der Waals surface area (Å²) in [6, 6.07) is 16.3. The summed E-state index contributed by atoms with van der Waals surface area (Å²) in [4.78, 5) is 24.0. The molecule has 0 amide bonds. The maximum Gasteiger partial charge on any atom is 0.336 e. The Kier molecular flexibility index (Phi) is 7.34. The molecule has 1 unspecified atom stereocenters. The van der Waals surface area contributed by atoms with E-state index >= 15 is 0 Å². The average molecular weight is 480 g/mol. The number of nitro groups is 1. The highest BCUT2D eigenvalue weighted by Gasteiger charge is 2.37. The molecule has 0 fully saturated rings. The number of non-ortho nitro benzene ring substituents is 1. The van der Waals surface area contributed by atoms with Gasteiger partial charge in [0.05, 0.1) is 36.0 Å². The van der Waals surface area contributed by atoms with Crippen LogP contribution in [-0.2, 0) is 27.3 Å². The quantitative estimate of drug-likeness (QED) is 0.195. The number of aromatic nitrogens is 1. The van der Waals surface area contributed by atoms with E-state index in [2.05, 4.69) is 9.69 Å². The van der Waals surface area contributed by atoms with Crippen LogP contribution < -0.4 is 5.32 Å². The van der Waals surface area contributed by atoms with Crippen LogP contribution in [0.2, 0.25) is 0 Å². The number of hydrogen-bond donors (Lipinski definition) is 1. The number of esters is 1. The van der Waals surface area contributed by atoms with Crippen molar-refractivity contribution in [1.29, 1.82) is 0 Å². The molecule has 8 nitrogen and oxygen atoms in total. The second-order valence-corrected chi connectivity index (χ2v) is 8.60. The van der Waals surface area contributed by atoms with Crippen LogP contribution in [0.25, 0.3) is 0 Å². The van der Waals surface area contributed by atoms with Gasteiger partial charge < -0.3 is 14.8 Å². The van der Waals surface area contributed by atoms with Crippen molar-refractivity contribution in [3.8, 4) is 0 Å². The highest BCUT2D eigenvalue weighted by Crippen LogP contribution is 2.46. The third-order valence-corrected chi connectivity index (χ3v) is 6.41. The fourth-order valence-electron chi connectivity index (χ4n) is 4.06. The van der Waals surface area contributed by atoms with E-state index in [4.69, 9.17) is 9.47 Å². The molecule has 9 heteroatoms. The number of anilines is 1. The first-order valence-corrected chi connectivity index (χ1v) is 11.8. The molecule has 0 saturated heterocycles. The molecule has 1 aliphatic heterocycles. The van der Waals surface area contributed by atoms with Gasteiger partial charge in [0.25, 0.3) is 5.69 Å². The van der Waals surface area contributed by atoms with Crippen LogP contribution in [0.5, 0.6) is 0 Å². The minimum Gasteiger partial charge on any atom is -0.463 e. The van der Waals surface area contributed by atoms with Crippen LogP contribution in [0.1, 0.15) is 42.1 Å². The first-order chi connectivity index (χ1) is 16.5. The monoisotopic (exact) mass is 479 g/mol. The normalized spacial score (nSPS) is 14.9. The Morgan fingerprint density at radius 2 is 2.00 bits per heavy atom. The van der Waals surface area contributed by atoms with Crippen molar-refractivity contribution in [2.45, 2.75) is 32.8 Å². The second kappa shape index (κ2) is 10.6. The summed E-state index contributed by atoms with van der Waals surface area (Å²) < 4.78 is 15.8. The first kappa shape index (κ1) is 23.6. The molecule has 1 aliphatic rings. The van der Waals surface area contributed by atoms with Gasteiger partial charge in [-0.15, -0.1) is 0 Å². The van der Waals surface area contributed by atoms with E-state index < -0.39 is 16.8 Å². The van der Waals surface area contributed by atoms with Crippen molar-refractivity contribution in [2.75, 3.05) is 18.5 Å². The lowest BCUT2D eigenvalue weighted by Gasteiger charge is -2.28. The number of carbonyl (C=O) groups excluding carboxylic acids is 1. The SMILES string of the molecule is CCOC(=O)C1=C(C)Nc2snc(CCOCc3ccccc3)c2C1c1cccc([N+](=O)[O-])c1. The largest absolute Gasteiger partial charge is 0.463 e. The summed E-state index contributed by atoms with van der Waals surface area (Å²) in [5, 5.41) is 15.5. The first-order valence-electron chi connectivity index (χ1n) is 11.0. The zero-order chi connectivity index (χ0) is 24.1. The van der Waals surface area contributed by atoms with Crippen molar-refractivity contribution in [3.63, 3.8) is 0 Å². The summed E-state index contributed by atoms with van der Waals surface area (Å²) in [7, 11) is 0. The van der Waals surface area contributed by atoms with Gasteiger partial charge in [-0.05, 0) is 36.5 Å². The van der Waals surface area contributed by atoms with Crippen molar-refractivity contribution in [1.82, 2.24) is 4.37 Å². The van der Waals surface area contributed by atoms with Gasteiger partial charge in [-0.1, -0.05) is 42.5 Å². The molecule has 1 atom stereocenters. The number of hydrogen-bond acceptors (Lipinski definition) is 8. The zero-order valence-electron chi connectivity index (χ0n) is 18.9. The van der Waals surface area contributed by atoms with Crippen LogP contribution in [0.4, 0.5) is 10.7 Å². The van der Waals surface area contributed by atoms with E-state index in [1.807, 2.05) is 37.3 Å². The molecule has 2 heterocycles. The van der Waals surface area contributed by atoms with Gasteiger partial charge >= 0.3 is 5.97 Å². The number of allylic oxidation sites excluding steroid dienone is 1. The Bertz CT molecular complexity index is 1220. The number of nitro benzene ring substituents is 1. The fourth-order valence-corrected chi connectivity index (χ4v) is 4.98. The van der Waals surface area contributed by atoms with Gasteiger partial charge in [0.1, 0.15) is 5.00 Å². The third kappa shape index (κ3) is 5.00. The van der Waals surface area contributed by atoms with Crippen LogP contribution in [0.15, 0.2) is 65.9 Å². The maximum atomic E-state index is 13.0. The molecule has 1 N–H and O–H groups in total. The molecule has 176 valence electrons. The fraction of sp³-hybridized carbons (Fsp3) is 0.280. The summed E-state index contributed by atoms with van der Waals surface area (Å²) in [6.45, 7) is 4.73. The van der Waals surface area contributed by atoms with Crippen molar-refractivity contribution >= 4 is 28.2 Å². The summed E-state index contributed by atoms with van der Waals surface area (Å²) >= 11 is 1.31. The standard InChI is InChI=1S/C25H25N3O5S/c1-3-33-25(29)21-16(2)26-24-23(22(21)18-10-7-11-19(14-18)28(30)31)20(27-34-24)12-13-32-15-17-8-5-4-6-9-17/h4-11,14,22,26H,3,12-13,15H2,1-2H3. The van der Waals surface area contributed by atoms with Gasteiger partial charge in [-0.25, -0.2) is 4.79 Å². The molecule has 0 bridgehead atoms. The van der Waals surface area contributed by atoms with Gasteiger partial charge in [-0.2, -0.15) is 4.37 Å². The van der Waals surface area contributed by atoms with E-state index in [1.165, 1.54) is 23.7 Å². The second-order valence-electron chi connectivity index (χ2n) is 7.83. The summed E-state index contributed by atoms with van der Waals surface area (Å²) in [5.41, 5.74) is 4.41. The predicted octanol–water partition coefficient (Wildman–Crippen LogP) is 5.21. The number of fused-ring (bicyclic) bond motifs is 1. The molecule has 0 spiro atoms. The van der Waals surface area contributed by atoms with E-state index in [-0.39, 0.29) is 12.3 Å². The minimum atomic E-state index is -0.530. The lowest BCUT2D eigenvalue weighted by Crippen LogP contribution is -2.24. The maximum absolute atomic E-state index is 13.0. The van der Waals surface area contributed by atoms with E-state index in [1.54, 1.807) is 19.1 Å². The lowest BCUT2D eigenvalue weighted by atomic mass is 9.81. The molecule has 3 aromatic rings. The Hall–Kier alpha value is -3.56. The highest BCUT2D eigenvalue weighted by molar-refractivity contribution is 7.10. The topological polar surface area (TPSA) is 104 Å². The molecule has 34 heavy (non-hydrogen) atoms. The number of carbonyl (C=O) groups is 1. The smallest absolute Gasteiger partial charge is 0.336 e. The molecule has 0 aliphatic carbocycles. The van der Waals surface area contributed by atoms with E-state index in [9.17, 15) is 14.9 Å². The lowest BCUT2D eigenvalue weighted by molar-refractivity contribution is -0.384. The number of nitrogens with one attached hydrogen (secondary N) is 1. The highest BCUT2D eigenvalue weighted by atomic mass is 32.1. The molecule has 4 rings (SSSR count).